The minimum absolute atomic E-state index is 0.0153. The molecule has 0 spiro atoms. The van der Waals surface area contributed by atoms with Crippen LogP contribution >= 0.6 is 0 Å². The number of rotatable bonds is 2. The predicted molar refractivity (Wildman–Crippen MR) is 79.4 cm³/mol. The highest BCUT2D eigenvalue weighted by atomic mass is 16.5. The average Bonchev–Trinajstić information content (AvgIpc) is 2.97. The molecular formula is C16H20N2O3. The third-order valence-electron chi connectivity index (χ3n) is 4.08. The molecule has 5 nitrogen and oxygen atoms in total. The Morgan fingerprint density at radius 2 is 2.05 bits per heavy atom. The number of anilines is 1. The normalized spacial score (nSPS) is 21.2. The maximum absolute atomic E-state index is 12.4. The van der Waals surface area contributed by atoms with Gasteiger partial charge in [-0.1, -0.05) is 6.07 Å². The fourth-order valence-corrected chi connectivity index (χ4v) is 2.88. The van der Waals surface area contributed by atoms with E-state index in [1.807, 2.05) is 30.0 Å². The number of nitrogens with zero attached hydrogens (tertiary/aromatic N) is 2. The molecule has 1 aromatic carbocycles. The summed E-state index contributed by atoms with van der Waals surface area (Å²) in [6, 6.07) is 5.69. The van der Waals surface area contributed by atoms with Crippen molar-refractivity contribution in [3.8, 4) is 5.75 Å². The Morgan fingerprint density at radius 3 is 2.76 bits per heavy atom. The second-order valence-corrected chi connectivity index (χ2v) is 5.74. The summed E-state index contributed by atoms with van der Waals surface area (Å²) < 4.78 is 5.65. The van der Waals surface area contributed by atoms with E-state index in [0.717, 1.165) is 31.5 Å². The molecule has 2 aliphatic rings. The molecule has 1 unspecified atom stereocenters. The zero-order valence-corrected chi connectivity index (χ0v) is 12.5. The largest absolute Gasteiger partial charge is 0.479 e. The van der Waals surface area contributed by atoms with Gasteiger partial charge in [-0.15, -0.1) is 0 Å². The summed E-state index contributed by atoms with van der Waals surface area (Å²) in [5.41, 5.74) is 1.76. The number of hydrogen-bond donors (Lipinski definition) is 0. The number of hydrogen-bond acceptors (Lipinski definition) is 3. The first-order valence-electron chi connectivity index (χ1n) is 7.43. The second kappa shape index (κ2) is 5.39. The lowest BCUT2D eigenvalue weighted by Gasteiger charge is -2.33. The van der Waals surface area contributed by atoms with Gasteiger partial charge in [-0.3, -0.25) is 14.5 Å². The van der Waals surface area contributed by atoms with E-state index in [1.54, 1.807) is 11.8 Å². The summed E-state index contributed by atoms with van der Waals surface area (Å²) in [7, 11) is 0. The Bertz CT molecular complexity index is 579. The first kappa shape index (κ1) is 13.9. The van der Waals surface area contributed by atoms with E-state index in [4.69, 9.17) is 4.74 Å². The van der Waals surface area contributed by atoms with Crippen LogP contribution in [0.1, 0.15) is 25.3 Å². The number of carbonyl (C=O) groups is 2. The monoisotopic (exact) mass is 288 g/mol. The molecular weight excluding hydrogens is 268 g/mol. The quantitative estimate of drug-likeness (QED) is 0.833. The molecule has 0 N–H and O–H groups in total. The zero-order chi connectivity index (χ0) is 15.0. The van der Waals surface area contributed by atoms with E-state index in [1.165, 1.54) is 0 Å². The van der Waals surface area contributed by atoms with Gasteiger partial charge < -0.3 is 9.64 Å². The van der Waals surface area contributed by atoms with Crippen molar-refractivity contribution in [2.45, 2.75) is 32.8 Å². The molecule has 0 radical (unpaired) electrons. The lowest BCUT2D eigenvalue weighted by molar-refractivity contribution is -0.132. The first-order chi connectivity index (χ1) is 10.1. The third kappa shape index (κ3) is 2.60. The SMILES string of the molecule is Cc1ccc2c(c1)OC(C)C(=O)N2CC(=O)N1CCCC1. The Morgan fingerprint density at radius 1 is 1.33 bits per heavy atom. The maximum atomic E-state index is 12.4. The van der Waals surface area contributed by atoms with Gasteiger partial charge in [0.1, 0.15) is 12.3 Å². The number of benzene rings is 1. The molecule has 2 amide bonds. The molecule has 1 saturated heterocycles. The number of fused-ring (bicyclic) bond motifs is 1. The van der Waals surface area contributed by atoms with Crippen molar-refractivity contribution in [2.75, 3.05) is 24.5 Å². The van der Waals surface area contributed by atoms with Gasteiger partial charge >= 0.3 is 0 Å². The molecule has 0 bridgehead atoms. The van der Waals surface area contributed by atoms with Crippen LogP contribution in [0.5, 0.6) is 5.75 Å². The van der Waals surface area contributed by atoms with Gasteiger partial charge in [0.2, 0.25) is 5.91 Å². The summed E-state index contributed by atoms with van der Waals surface area (Å²) in [6.07, 6.45) is 1.55. The van der Waals surface area contributed by atoms with Crippen LogP contribution < -0.4 is 9.64 Å². The molecule has 1 aromatic rings. The highest BCUT2D eigenvalue weighted by molar-refractivity contribution is 6.03. The average molecular weight is 288 g/mol. The third-order valence-corrected chi connectivity index (χ3v) is 4.08. The van der Waals surface area contributed by atoms with E-state index in [9.17, 15) is 9.59 Å². The molecule has 112 valence electrons. The molecule has 0 aromatic heterocycles. The highest BCUT2D eigenvalue weighted by Crippen LogP contribution is 2.34. The van der Waals surface area contributed by atoms with Gasteiger partial charge in [0.25, 0.3) is 5.91 Å². The molecule has 0 saturated carbocycles. The summed E-state index contributed by atoms with van der Waals surface area (Å²) in [6.45, 7) is 5.40. The number of amides is 2. The van der Waals surface area contributed by atoms with E-state index < -0.39 is 6.10 Å². The predicted octanol–water partition coefficient (Wildman–Crippen LogP) is 1.73. The standard InChI is InChI=1S/C16H20N2O3/c1-11-5-6-13-14(9-11)21-12(2)16(20)18(13)10-15(19)17-7-3-4-8-17/h5-6,9,12H,3-4,7-8,10H2,1-2H3. The van der Waals surface area contributed by atoms with E-state index in [-0.39, 0.29) is 18.4 Å². The van der Waals surface area contributed by atoms with Crippen LogP contribution in [0.25, 0.3) is 0 Å². The van der Waals surface area contributed by atoms with Gasteiger partial charge in [0.05, 0.1) is 5.69 Å². The van der Waals surface area contributed by atoms with Crippen molar-refractivity contribution in [1.29, 1.82) is 0 Å². The van der Waals surface area contributed by atoms with Crippen LogP contribution in [-0.4, -0.2) is 42.5 Å². The number of likely N-dealkylation sites (tertiary alicyclic amines) is 1. The molecule has 3 rings (SSSR count). The van der Waals surface area contributed by atoms with E-state index >= 15 is 0 Å². The first-order valence-corrected chi connectivity index (χ1v) is 7.43. The van der Waals surface area contributed by atoms with Gasteiger partial charge in [0, 0.05) is 13.1 Å². The molecule has 5 heteroatoms. The summed E-state index contributed by atoms with van der Waals surface area (Å²) in [4.78, 5) is 28.1. The van der Waals surface area contributed by atoms with Crippen LogP contribution in [-0.2, 0) is 9.59 Å². The van der Waals surface area contributed by atoms with Crippen molar-refractivity contribution in [1.82, 2.24) is 4.90 Å². The van der Waals surface area contributed by atoms with Gasteiger partial charge in [-0.2, -0.15) is 0 Å². The van der Waals surface area contributed by atoms with Crippen LogP contribution in [0.2, 0.25) is 0 Å². The van der Waals surface area contributed by atoms with E-state index in [2.05, 4.69) is 0 Å². The fraction of sp³-hybridized carbons (Fsp3) is 0.500. The number of aryl methyl sites for hydroxylation is 1. The minimum Gasteiger partial charge on any atom is -0.479 e. The van der Waals surface area contributed by atoms with Crippen molar-refractivity contribution in [3.63, 3.8) is 0 Å². The summed E-state index contributed by atoms with van der Waals surface area (Å²) >= 11 is 0. The van der Waals surface area contributed by atoms with Crippen LogP contribution in [0, 0.1) is 6.92 Å². The molecule has 1 fully saturated rings. The molecule has 2 heterocycles. The molecule has 2 aliphatic heterocycles. The molecule has 0 aliphatic carbocycles. The maximum Gasteiger partial charge on any atom is 0.268 e. The Kier molecular flexibility index (Phi) is 3.57. The van der Waals surface area contributed by atoms with Crippen LogP contribution in [0.3, 0.4) is 0 Å². The second-order valence-electron chi connectivity index (χ2n) is 5.74. The smallest absolute Gasteiger partial charge is 0.268 e. The Labute approximate surface area is 124 Å². The van der Waals surface area contributed by atoms with Crippen molar-refractivity contribution in [3.05, 3.63) is 23.8 Å². The highest BCUT2D eigenvalue weighted by Gasteiger charge is 2.34. The lowest BCUT2D eigenvalue weighted by Crippen LogP contribution is -2.49. The Hall–Kier alpha value is -2.04. The van der Waals surface area contributed by atoms with Crippen molar-refractivity contribution in [2.24, 2.45) is 0 Å². The molecule has 21 heavy (non-hydrogen) atoms. The van der Waals surface area contributed by atoms with Gasteiger partial charge in [-0.25, -0.2) is 0 Å². The number of ether oxygens (including phenoxy) is 1. The topological polar surface area (TPSA) is 49.9 Å². The summed E-state index contributed by atoms with van der Waals surface area (Å²) in [5, 5.41) is 0. The molecule has 1 atom stereocenters. The zero-order valence-electron chi connectivity index (χ0n) is 12.5. The number of carbonyl (C=O) groups excluding carboxylic acids is 2. The van der Waals surface area contributed by atoms with Crippen LogP contribution in [0.15, 0.2) is 18.2 Å². The van der Waals surface area contributed by atoms with Crippen molar-refractivity contribution >= 4 is 17.5 Å². The Balaban J connectivity index is 1.86. The van der Waals surface area contributed by atoms with E-state index in [0.29, 0.717) is 11.4 Å². The lowest BCUT2D eigenvalue weighted by atomic mass is 10.1. The minimum atomic E-state index is -0.550. The van der Waals surface area contributed by atoms with Gasteiger partial charge in [0.15, 0.2) is 6.10 Å². The van der Waals surface area contributed by atoms with Crippen molar-refractivity contribution < 1.29 is 14.3 Å². The summed E-state index contributed by atoms with van der Waals surface area (Å²) in [5.74, 6) is 0.539. The van der Waals surface area contributed by atoms with Crippen LogP contribution in [0.4, 0.5) is 5.69 Å². The fourth-order valence-electron chi connectivity index (χ4n) is 2.88. The van der Waals surface area contributed by atoms with Gasteiger partial charge in [-0.05, 0) is 44.4 Å².